The predicted octanol–water partition coefficient (Wildman–Crippen LogP) is 2.32. The summed E-state index contributed by atoms with van der Waals surface area (Å²) >= 11 is 0. The standard InChI is InChI=1S/C12H17NO3/c1-6(2)8-5-9(14)13-11(7(3)4)10(8)12(15)16/h5-7H,1-4H3,(H,13,14)(H,15,16). The summed E-state index contributed by atoms with van der Waals surface area (Å²) in [5.41, 5.74) is 1.10. The summed E-state index contributed by atoms with van der Waals surface area (Å²) in [6, 6.07) is 1.38. The quantitative estimate of drug-likeness (QED) is 0.826. The maximum absolute atomic E-state index is 11.4. The number of carboxylic acid groups (broad SMARTS) is 1. The van der Waals surface area contributed by atoms with Crippen molar-refractivity contribution in [3.05, 3.63) is 33.2 Å². The fourth-order valence-electron chi connectivity index (χ4n) is 1.73. The zero-order valence-corrected chi connectivity index (χ0v) is 10.00. The van der Waals surface area contributed by atoms with Crippen LogP contribution < -0.4 is 5.56 Å². The second-order valence-corrected chi connectivity index (χ2v) is 4.49. The fourth-order valence-corrected chi connectivity index (χ4v) is 1.73. The number of hydrogen-bond donors (Lipinski definition) is 2. The summed E-state index contributed by atoms with van der Waals surface area (Å²) in [5.74, 6) is -0.980. The minimum Gasteiger partial charge on any atom is -0.478 e. The lowest BCUT2D eigenvalue weighted by Gasteiger charge is -2.15. The summed E-state index contributed by atoms with van der Waals surface area (Å²) in [6.07, 6.45) is 0. The molecule has 0 radical (unpaired) electrons. The van der Waals surface area contributed by atoms with Gasteiger partial charge in [0.2, 0.25) is 5.56 Å². The van der Waals surface area contributed by atoms with E-state index >= 15 is 0 Å². The van der Waals surface area contributed by atoms with E-state index in [1.54, 1.807) is 0 Å². The molecule has 1 rings (SSSR count). The van der Waals surface area contributed by atoms with E-state index in [-0.39, 0.29) is 23.0 Å². The van der Waals surface area contributed by atoms with Gasteiger partial charge in [0.15, 0.2) is 0 Å². The Balaban J connectivity index is 3.61. The van der Waals surface area contributed by atoms with Gasteiger partial charge in [-0.2, -0.15) is 0 Å². The van der Waals surface area contributed by atoms with Crippen molar-refractivity contribution in [3.8, 4) is 0 Å². The predicted molar refractivity (Wildman–Crippen MR) is 62.2 cm³/mol. The highest BCUT2D eigenvalue weighted by Gasteiger charge is 2.20. The van der Waals surface area contributed by atoms with Crippen LogP contribution >= 0.6 is 0 Å². The molecule has 88 valence electrons. The molecular weight excluding hydrogens is 206 g/mol. The number of carbonyl (C=O) groups is 1. The first-order valence-electron chi connectivity index (χ1n) is 5.35. The molecule has 0 saturated carbocycles. The van der Waals surface area contributed by atoms with E-state index in [0.29, 0.717) is 11.3 Å². The summed E-state index contributed by atoms with van der Waals surface area (Å²) < 4.78 is 0. The van der Waals surface area contributed by atoms with Crippen LogP contribution in [0.25, 0.3) is 0 Å². The first kappa shape index (κ1) is 12.5. The molecule has 0 aromatic carbocycles. The molecule has 0 unspecified atom stereocenters. The third kappa shape index (κ3) is 2.32. The van der Waals surface area contributed by atoms with Crippen LogP contribution in [0.4, 0.5) is 0 Å². The van der Waals surface area contributed by atoms with E-state index in [0.717, 1.165) is 0 Å². The smallest absolute Gasteiger partial charge is 0.337 e. The number of aromatic amines is 1. The molecule has 1 aromatic rings. The Hall–Kier alpha value is -1.58. The normalized spacial score (nSPS) is 11.1. The van der Waals surface area contributed by atoms with Gasteiger partial charge >= 0.3 is 5.97 Å². The van der Waals surface area contributed by atoms with Gasteiger partial charge in [-0.1, -0.05) is 27.7 Å². The Bertz CT molecular complexity index is 426. The third-order valence-corrected chi connectivity index (χ3v) is 2.52. The summed E-state index contributed by atoms with van der Waals surface area (Å²) in [5, 5.41) is 9.21. The van der Waals surface area contributed by atoms with Crippen LogP contribution in [0.3, 0.4) is 0 Å². The van der Waals surface area contributed by atoms with Gasteiger partial charge in [0.1, 0.15) is 0 Å². The molecular formula is C12H17NO3. The molecule has 0 spiro atoms. The minimum absolute atomic E-state index is 0.0162. The number of pyridine rings is 1. The Morgan fingerprint density at radius 2 is 1.81 bits per heavy atom. The molecule has 0 atom stereocenters. The van der Waals surface area contributed by atoms with Crippen molar-refractivity contribution in [1.29, 1.82) is 0 Å². The van der Waals surface area contributed by atoms with Crippen molar-refractivity contribution in [2.45, 2.75) is 39.5 Å². The lowest BCUT2D eigenvalue weighted by molar-refractivity contribution is 0.0693. The molecule has 4 nitrogen and oxygen atoms in total. The lowest BCUT2D eigenvalue weighted by atomic mass is 9.93. The van der Waals surface area contributed by atoms with E-state index in [1.165, 1.54) is 6.07 Å². The van der Waals surface area contributed by atoms with Gasteiger partial charge < -0.3 is 10.1 Å². The minimum atomic E-state index is -0.983. The van der Waals surface area contributed by atoms with E-state index in [9.17, 15) is 14.7 Å². The lowest BCUT2D eigenvalue weighted by Crippen LogP contribution is -2.19. The molecule has 0 aliphatic heterocycles. The first-order chi connectivity index (χ1) is 7.34. The Morgan fingerprint density at radius 1 is 1.25 bits per heavy atom. The largest absolute Gasteiger partial charge is 0.478 e. The number of hydrogen-bond acceptors (Lipinski definition) is 2. The molecule has 0 bridgehead atoms. The van der Waals surface area contributed by atoms with Gasteiger partial charge in [-0.3, -0.25) is 4.79 Å². The SMILES string of the molecule is CC(C)c1cc(=O)[nH]c(C(C)C)c1C(=O)O. The molecule has 1 heterocycles. The third-order valence-electron chi connectivity index (χ3n) is 2.52. The number of carboxylic acids is 1. The van der Waals surface area contributed by atoms with Gasteiger partial charge in [0, 0.05) is 11.8 Å². The monoisotopic (exact) mass is 223 g/mol. The maximum atomic E-state index is 11.4. The van der Waals surface area contributed by atoms with Crippen molar-refractivity contribution < 1.29 is 9.90 Å². The van der Waals surface area contributed by atoms with Gasteiger partial charge in [-0.05, 0) is 17.4 Å². The van der Waals surface area contributed by atoms with Crippen LogP contribution in [0.5, 0.6) is 0 Å². The van der Waals surface area contributed by atoms with Gasteiger partial charge in [0.25, 0.3) is 0 Å². The average molecular weight is 223 g/mol. The molecule has 1 aromatic heterocycles. The highest BCUT2D eigenvalue weighted by Crippen LogP contribution is 2.24. The zero-order valence-electron chi connectivity index (χ0n) is 10.00. The average Bonchev–Trinajstić information content (AvgIpc) is 2.15. The summed E-state index contributed by atoms with van der Waals surface area (Å²) in [7, 11) is 0. The number of aromatic nitrogens is 1. The molecule has 2 N–H and O–H groups in total. The Morgan fingerprint density at radius 3 is 2.19 bits per heavy atom. The van der Waals surface area contributed by atoms with E-state index < -0.39 is 5.97 Å². The molecule has 0 amide bonds. The molecule has 0 saturated heterocycles. The summed E-state index contributed by atoms with van der Waals surface area (Å²) in [6.45, 7) is 7.49. The number of aromatic carboxylic acids is 1. The van der Waals surface area contributed by atoms with E-state index in [2.05, 4.69) is 4.98 Å². The van der Waals surface area contributed by atoms with Crippen LogP contribution in [0.15, 0.2) is 10.9 Å². The van der Waals surface area contributed by atoms with Crippen molar-refractivity contribution in [3.63, 3.8) is 0 Å². The van der Waals surface area contributed by atoms with E-state index in [4.69, 9.17) is 0 Å². The Kier molecular flexibility index (Phi) is 3.52. The highest BCUT2D eigenvalue weighted by atomic mass is 16.4. The molecule has 0 aliphatic carbocycles. The fraction of sp³-hybridized carbons (Fsp3) is 0.500. The van der Waals surface area contributed by atoms with E-state index in [1.807, 2.05) is 27.7 Å². The van der Waals surface area contributed by atoms with Gasteiger partial charge in [-0.15, -0.1) is 0 Å². The molecule has 4 heteroatoms. The van der Waals surface area contributed by atoms with Crippen LogP contribution in [0.1, 0.15) is 61.1 Å². The van der Waals surface area contributed by atoms with Crippen molar-refractivity contribution in [1.82, 2.24) is 4.98 Å². The van der Waals surface area contributed by atoms with Gasteiger partial charge in [0.05, 0.1) is 5.56 Å². The van der Waals surface area contributed by atoms with Crippen LogP contribution in [-0.4, -0.2) is 16.1 Å². The van der Waals surface area contributed by atoms with Crippen molar-refractivity contribution in [2.75, 3.05) is 0 Å². The van der Waals surface area contributed by atoms with Gasteiger partial charge in [-0.25, -0.2) is 4.79 Å². The first-order valence-corrected chi connectivity index (χ1v) is 5.35. The van der Waals surface area contributed by atoms with Crippen molar-refractivity contribution >= 4 is 5.97 Å². The van der Waals surface area contributed by atoms with Crippen molar-refractivity contribution in [2.24, 2.45) is 0 Å². The van der Waals surface area contributed by atoms with Crippen LogP contribution in [-0.2, 0) is 0 Å². The van der Waals surface area contributed by atoms with Crippen LogP contribution in [0, 0.1) is 0 Å². The number of rotatable bonds is 3. The zero-order chi connectivity index (χ0) is 12.5. The molecule has 0 aliphatic rings. The second kappa shape index (κ2) is 4.51. The molecule has 0 fully saturated rings. The summed E-state index contributed by atoms with van der Waals surface area (Å²) in [4.78, 5) is 25.3. The Labute approximate surface area is 94.3 Å². The second-order valence-electron chi connectivity index (χ2n) is 4.49. The topological polar surface area (TPSA) is 70.2 Å². The number of nitrogens with one attached hydrogen (secondary N) is 1. The highest BCUT2D eigenvalue weighted by molar-refractivity contribution is 5.91. The maximum Gasteiger partial charge on any atom is 0.337 e. The number of H-pyrrole nitrogens is 1. The van der Waals surface area contributed by atoms with Crippen LogP contribution in [0.2, 0.25) is 0 Å². The molecule has 16 heavy (non-hydrogen) atoms.